The molecule has 0 aliphatic carbocycles. The summed E-state index contributed by atoms with van der Waals surface area (Å²) in [4.78, 5) is 13.2. The van der Waals surface area contributed by atoms with Crippen molar-refractivity contribution in [1.29, 1.82) is 0 Å². The summed E-state index contributed by atoms with van der Waals surface area (Å²) in [6.45, 7) is 2.54. The number of hydrogen-bond donors (Lipinski definition) is 0. The van der Waals surface area contributed by atoms with E-state index in [1.807, 2.05) is 55.5 Å². The summed E-state index contributed by atoms with van der Waals surface area (Å²) >= 11 is 1.55. The highest BCUT2D eigenvalue weighted by molar-refractivity contribution is 8.00. The molecule has 0 amide bonds. The Balaban J connectivity index is 1.98. The Morgan fingerprint density at radius 3 is 2.63 bits per heavy atom. The smallest absolute Gasteiger partial charge is 0.173 e. The van der Waals surface area contributed by atoms with Crippen molar-refractivity contribution in [2.45, 2.75) is 11.8 Å². The van der Waals surface area contributed by atoms with E-state index in [1.54, 1.807) is 17.8 Å². The average Bonchev–Trinajstić information content (AvgIpc) is 2.46. The normalized spacial score (nSPS) is 10.2. The van der Waals surface area contributed by atoms with Crippen LogP contribution in [0.15, 0.2) is 59.5 Å². The van der Waals surface area contributed by atoms with E-state index in [-0.39, 0.29) is 5.78 Å². The standard InChI is InChI=1S/C16H16O2S/c1-2-18-14-8-6-7-13(11-14)16(17)12-19-15-9-4-3-5-10-15/h3-11H,2,12H2,1H3. The lowest BCUT2D eigenvalue weighted by Gasteiger charge is -2.05. The van der Waals surface area contributed by atoms with Crippen LogP contribution in [0.2, 0.25) is 0 Å². The van der Waals surface area contributed by atoms with Gasteiger partial charge in [-0.05, 0) is 31.2 Å². The maximum atomic E-state index is 12.1. The number of ketones is 1. The van der Waals surface area contributed by atoms with E-state index in [0.29, 0.717) is 17.9 Å². The molecule has 0 saturated heterocycles. The van der Waals surface area contributed by atoms with Gasteiger partial charge in [-0.25, -0.2) is 0 Å². The average molecular weight is 272 g/mol. The van der Waals surface area contributed by atoms with Gasteiger partial charge in [0.2, 0.25) is 0 Å². The van der Waals surface area contributed by atoms with Crippen LogP contribution in [0.3, 0.4) is 0 Å². The van der Waals surface area contributed by atoms with Gasteiger partial charge < -0.3 is 4.74 Å². The van der Waals surface area contributed by atoms with Gasteiger partial charge in [-0.15, -0.1) is 11.8 Å². The molecule has 0 saturated carbocycles. The second-order valence-corrected chi connectivity index (χ2v) is 5.03. The minimum Gasteiger partial charge on any atom is -0.494 e. The van der Waals surface area contributed by atoms with Crippen LogP contribution in [0, 0.1) is 0 Å². The van der Waals surface area contributed by atoms with Crippen molar-refractivity contribution in [1.82, 2.24) is 0 Å². The van der Waals surface area contributed by atoms with Gasteiger partial charge >= 0.3 is 0 Å². The van der Waals surface area contributed by atoms with Crippen molar-refractivity contribution in [3.05, 3.63) is 60.2 Å². The number of thioether (sulfide) groups is 1. The summed E-state index contributed by atoms with van der Waals surface area (Å²) in [6.07, 6.45) is 0. The van der Waals surface area contributed by atoms with Gasteiger partial charge in [0.25, 0.3) is 0 Å². The predicted molar refractivity (Wildman–Crippen MR) is 79.1 cm³/mol. The lowest BCUT2D eigenvalue weighted by molar-refractivity contribution is 0.102. The minimum atomic E-state index is 0.121. The van der Waals surface area contributed by atoms with Crippen LogP contribution < -0.4 is 4.74 Å². The Hall–Kier alpha value is -1.74. The van der Waals surface area contributed by atoms with Crippen LogP contribution in [-0.2, 0) is 0 Å². The Bertz CT molecular complexity index is 537. The van der Waals surface area contributed by atoms with E-state index in [2.05, 4.69) is 0 Å². The summed E-state index contributed by atoms with van der Waals surface area (Å²) in [7, 11) is 0. The molecule has 0 aliphatic heterocycles. The number of hydrogen-bond acceptors (Lipinski definition) is 3. The number of ether oxygens (including phenoxy) is 1. The molecule has 0 bridgehead atoms. The van der Waals surface area contributed by atoms with E-state index in [1.165, 1.54) is 0 Å². The second-order valence-electron chi connectivity index (χ2n) is 3.99. The van der Waals surface area contributed by atoms with Gasteiger partial charge in [0, 0.05) is 10.5 Å². The molecular formula is C16H16O2S. The van der Waals surface area contributed by atoms with Crippen LogP contribution in [0.1, 0.15) is 17.3 Å². The van der Waals surface area contributed by atoms with Gasteiger partial charge in [-0.2, -0.15) is 0 Å². The molecule has 0 fully saturated rings. The van der Waals surface area contributed by atoms with Gasteiger partial charge in [0.15, 0.2) is 5.78 Å². The summed E-state index contributed by atoms with van der Waals surface area (Å²) in [5.74, 6) is 1.31. The van der Waals surface area contributed by atoms with E-state index in [0.717, 1.165) is 10.6 Å². The third-order valence-electron chi connectivity index (χ3n) is 2.58. The fraction of sp³-hybridized carbons (Fsp3) is 0.188. The molecule has 2 nitrogen and oxygen atoms in total. The highest BCUT2D eigenvalue weighted by Gasteiger charge is 2.07. The monoisotopic (exact) mass is 272 g/mol. The molecule has 0 radical (unpaired) electrons. The van der Waals surface area contributed by atoms with E-state index in [9.17, 15) is 4.79 Å². The zero-order chi connectivity index (χ0) is 13.5. The fourth-order valence-electron chi connectivity index (χ4n) is 1.67. The largest absolute Gasteiger partial charge is 0.494 e. The van der Waals surface area contributed by atoms with Crippen LogP contribution >= 0.6 is 11.8 Å². The third kappa shape index (κ3) is 4.14. The zero-order valence-electron chi connectivity index (χ0n) is 10.8. The molecule has 2 aromatic carbocycles. The first-order valence-corrected chi connectivity index (χ1v) is 7.22. The first kappa shape index (κ1) is 13.7. The Morgan fingerprint density at radius 2 is 1.89 bits per heavy atom. The Morgan fingerprint density at radius 1 is 1.11 bits per heavy atom. The first-order valence-electron chi connectivity index (χ1n) is 6.23. The molecule has 19 heavy (non-hydrogen) atoms. The Labute approximate surface area is 117 Å². The predicted octanol–water partition coefficient (Wildman–Crippen LogP) is 4.06. The lowest BCUT2D eigenvalue weighted by Crippen LogP contribution is -2.03. The van der Waals surface area contributed by atoms with Crippen molar-refractivity contribution in [2.24, 2.45) is 0 Å². The molecule has 0 aliphatic rings. The van der Waals surface area contributed by atoms with Crippen molar-refractivity contribution in [2.75, 3.05) is 12.4 Å². The van der Waals surface area contributed by atoms with Gasteiger partial charge in [0.05, 0.1) is 12.4 Å². The third-order valence-corrected chi connectivity index (χ3v) is 3.59. The number of benzene rings is 2. The number of rotatable bonds is 6. The summed E-state index contributed by atoms with van der Waals surface area (Å²) < 4.78 is 5.40. The molecular weight excluding hydrogens is 256 g/mol. The molecule has 0 heterocycles. The van der Waals surface area contributed by atoms with Crippen molar-refractivity contribution in [3.8, 4) is 5.75 Å². The summed E-state index contributed by atoms with van der Waals surface area (Å²) in [5, 5.41) is 0. The molecule has 2 rings (SSSR count). The molecule has 0 atom stereocenters. The van der Waals surface area contributed by atoms with Gasteiger partial charge in [-0.1, -0.05) is 30.3 Å². The highest BCUT2D eigenvalue weighted by Crippen LogP contribution is 2.20. The highest BCUT2D eigenvalue weighted by atomic mass is 32.2. The molecule has 2 aromatic rings. The maximum Gasteiger partial charge on any atom is 0.173 e. The minimum absolute atomic E-state index is 0.121. The van der Waals surface area contributed by atoms with Crippen molar-refractivity contribution < 1.29 is 9.53 Å². The summed E-state index contributed by atoms with van der Waals surface area (Å²) in [6, 6.07) is 17.3. The lowest BCUT2D eigenvalue weighted by atomic mass is 10.1. The van der Waals surface area contributed by atoms with Gasteiger partial charge in [0.1, 0.15) is 5.75 Å². The molecule has 3 heteroatoms. The van der Waals surface area contributed by atoms with Crippen LogP contribution in [0.5, 0.6) is 5.75 Å². The van der Waals surface area contributed by atoms with E-state index >= 15 is 0 Å². The van der Waals surface area contributed by atoms with Crippen LogP contribution in [0.4, 0.5) is 0 Å². The van der Waals surface area contributed by atoms with E-state index < -0.39 is 0 Å². The fourth-order valence-corrected chi connectivity index (χ4v) is 2.49. The SMILES string of the molecule is CCOc1cccc(C(=O)CSc2ccccc2)c1. The van der Waals surface area contributed by atoms with Gasteiger partial charge in [-0.3, -0.25) is 4.79 Å². The molecule has 0 spiro atoms. The molecule has 98 valence electrons. The zero-order valence-corrected chi connectivity index (χ0v) is 11.7. The molecule has 0 unspecified atom stereocenters. The van der Waals surface area contributed by atoms with Crippen molar-refractivity contribution in [3.63, 3.8) is 0 Å². The quantitative estimate of drug-likeness (QED) is 0.586. The number of Topliss-reactive ketones (excluding diaryl/α,β-unsaturated/α-hetero) is 1. The Kier molecular flexibility index (Phi) is 5.04. The number of carbonyl (C=O) groups excluding carboxylic acids is 1. The maximum absolute atomic E-state index is 12.1. The molecule has 0 aromatic heterocycles. The second kappa shape index (κ2) is 7.00. The van der Waals surface area contributed by atoms with E-state index in [4.69, 9.17) is 4.74 Å². The number of carbonyl (C=O) groups is 1. The van der Waals surface area contributed by atoms with Crippen LogP contribution in [0.25, 0.3) is 0 Å². The first-order chi connectivity index (χ1) is 9.29. The molecule has 0 N–H and O–H groups in total. The topological polar surface area (TPSA) is 26.3 Å². The van der Waals surface area contributed by atoms with Crippen molar-refractivity contribution >= 4 is 17.5 Å². The van der Waals surface area contributed by atoms with Crippen LogP contribution in [-0.4, -0.2) is 18.1 Å². The summed E-state index contributed by atoms with van der Waals surface area (Å²) in [5.41, 5.74) is 0.703.